The SMILES string of the molecule is CCc1cc2c(C[NH+]3CCC[C@@H]3c3nc4ccccc4s3)cc(=O)oc2cc1O. The molecule has 0 aliphatic carbocycles. The topological polar surface area (TPSA) is 67.8 Å². The molecular weight excluding hydrogens is 384 g/mol. The Kier molecular flexibility index (Phi) is 4.60. The van der Waals surface area contributed by atoms with Crippen molar-refractivity contribution in [3.8, 4) is 5.75 Å². The number of aryl methyl sites for hydroxylation is 1. The summed E-state index contributed by atoms with van der Waals surface area (Å²) >= 11 is 1.78. The number of benzene rings is 2. The lowest BCUT2D eigenvalue weighted by Crippen LogP contribution is -3.08. The van der Waals surface area contributed by atoms with E-state index in [-0.39, 0.29) is 11.4 Å². The summed E-state index contributed by atoms with van der Waals surface area (Å²) in [6.07, 6.45) is 2.98. The van der Waals surface area contributed by atoms with E-state index >= 15 is 0 Å². The van der Waals surface area contributed by atoms with Gasteiger partial charge in [-0.2, -0.15) is 0 Å². The van der Waals surface area contributed by atoms with Crippen molar-refractivity contribution in [2.24, 2.45) is 0 Å². The maximum Gasteiger partial charge on any atom is 0.336 e. The number of para-hydroxylation sites is 1. The molecule has 0 saturated carbocycles. The normalized spacial score (nSPS) is 19.3. The number of aromatic hydroxyl groups is 1. The summed E-state index contributed by atoms with van der Waals surface area (Å²) in [7, 11) is 0. The highest BCUT2D eigenvalue weighted by atomic mass is 32.1. The van der Waals surface area contributed by atoms with Crippen LogP contribution >= 0.6 is 11.3 Å². The van der Waals surface area contributed by atoms with Gasteiger partial charge in [0, 0.05) is 35.9 Å². The van der Waals surface area contributed by atoms with Gasteiger partial charge in [-0.1, -0.05) is 19.1 Å². The van der Waals surface area contributed by atoms with Gasteiger partial charge in [0.2, 0.25) is 0 Å². The van der Waals surface area contributed by atoms with Crippen LogP contribution in [0.2, 0.25) is 0 Å². The highest BCUT2D eigenvalue weighted by Gasteiger charge is 2.33. The third kappa shape index (κ3) is 3.32. The molecule has 2 aromatic heterocycles. The molecule has 1 aliphatic heterocycles. The van der Waals surface area contributed by atoms with E-state index in [1.165, 1.54) is 14.6 Å². The van der Waals surface area contributed by atoms with E-state index in [1.54, 1.807) is 23.5 Å². The van der Waals surface area contributed by atoms with Crippen LogP contribution in [0, 0.1) is 0 Å². The number of phenolic OH excluding ortho intramolecular Hbond substituents is 1. The lowest BCUT2D eigenvalue weighted by Gasteiger charge is -2.20. The van der Waals surface area contributed by atoms with Gasteiger partial charge in [-0.25, -0.2) is 9.78 Å². The van der Waals surface area contributed by atoms with Crippen LogP contribution in [0.15, 0.2) is 51.7 Å². The highest BCUT2D eigenvalue weighted by molar-refractivity contribution is 7.18. The Morgan fingerprint density at radius 1 is 1.24 bits per heavy atom. The lowest BCUT2D eigenvalue weighted by atomic mass is 10.0. The Labute approximate surface area is 172 Å². The molecule has 29 heavy (non-hydrogen) atoms. The summed E-state index contributed by atoms with van der Waals surface area (Å²) in [6.45, 7) is 3.81. The van der Waals surface area contributed by atoms with Gasteiger partial charge in [0.25, 0.3) is 0 Å². The van der Waals surface area contributed by atoms with Crippen LogP contribution in [0.25, 0.3) is 21.2 Å². The first-order chi connectivity index (χ1) is 14.1. The Morgan fingerprint density at radius 2 is 2.10 bits per heavy atom. The van der Waals surface area contributed by atoms with Gasteiger partial charge < -0.3 is 14.4 Å². The van der Waals surface area contributed by atoms with E-state index in [2.05, 4.69) is 18.2 Å². The van der Waals surface area contributed by atoms with Crippen molar-refractivity contribution in [1.82, 2.24) is 4.98 Å². The first kappa shape index (κ1) is 18.3. The second kappa shape index (κ2) is 7.28. The molecule has 1 saturated heterocycles. The fourth-order valence-electron chi connectivity index (χ4n) is 4.44. The van der Waals surface area contributed by atoms with Gasteiger partial charge >= 0.3 is 5.63 Å². The number of nitrogens with one attached hydrogen (secondary N) is 1. The van der Waals surface area contributed by atoms with Crippen molar-refractivity contribution in [3.05, 3.63) is 69.0 Å². The van der Waals surface area contributed by atoms with Gasteiger partial charge in [0.1, 0.15) is 23.9 Å². The second-order valence-electron chi connectivity index (χ2n) is 7.72. The van der Waals surface area contributed by atoms with Crippen molar-refractivity contribution in [2.45, 2.75) is 38.8 Å². The lowest BCUT2D eigenvalue weighted by molar-refractivity contribution is -0.931. The quantitative estimate of drug-likeness (QED) is 0.508. The average molecular weight is 408 g/mol. The first-order valence-electron chi connectivity index (χ1n) is 10.1. The van der Waals surface area contributed by atoms with Crippen LogP contribution in [0.4, 0.5) is 0 Å². The summed E-state index contributed by atoms with van der Waals surface area (Å²) < 4.78 is 6.59. The number of aromatic nitrogens is 1. The van der Waals surface area contributed by atoms with E-state index in [9.17, 15) is 9.90 Å². The molecule has 3 heterocycles. The third-order valence-electron chi connectivity index (χ3n) is 5.92. The zero-order chi connectivity index (χ0) is 20.0. The molecule has 0 radical (unpaired) electrons. The minimum Gasteiger partial charge on any atom is -0.508 e. The minimum atomic E-state index is -0.369. The monoisotopic (exact) mass is 407 g/mol. The first-order valence-corrected chi connectivity index (χ1v) is 10.9. The number of likely N-dealkylation sites (tertiary alicyclic amines) is 1. The van der Waals surface area contributed by atoms with Crippen molar-refractivity contribution in [2.75, 3.05) is 6.54 Å². The van der Waals surface area contributed by atoms with Crippen molar-refractivity contribution in [1.29, 1.82) is 0 Å². The maximum atomic E-state index is 12.1. The predicted molar refractivity (Wildman–Crippen MR) is 115 cm³/mol. The van der Waals surface area contributed by atoms with Crippen LogP contribution in [-0.2, 0) is 13.0 Å². The Hall–Kier alpha value is -2.70. The van der Waals surface area contributed by atoms with Crippen LogP contribution in [0.5, 0.6) is 5.75 Å². The van der Waals surface area contributed by atoms with Gasteiger partial charge in [-0.05, 0) is 30.2 Å². The molecule has 6 heteroatoms. The number of thiazole rings is 1. The van der Waals surface area contributed by atoms with Crippen LogP contribution < -0.4 is 10.5 Å². The summed E-state index contributed by atoms with van der Waals surface area (Å²) in [6, 6.07) is 13.8. The Morgan fingerprint density at radius 3 is 2.93 bits per heavy atom. The van der Waals surface area contributed by atoms with Crippen molar-refractivity contribution < 1.29 is 14.4 Å². The third-order valence-corrected chi connectivity index (χ3v) is 7.07. The number of hydrogen-bond acceptors (Lipinski definition) is 5. The Balaban J connectivity index is 1.53. The number of rotatable bonds is 4. The molecule has 0 amide bonds. The van der Waals surface area contributed by atoms with Crippen molar-refractivity contribution >= 4 is 32.5 Å². The zero-order valence-corrected chi connectivity index (χ0v) is 17.1. The molecule has 1 aliphatic rings. The molecule has 2 aromatic carbocycles. The van der Waals surface area contributed by atoms with Gasteiger partial charge in [0.05, 0.1) is 16.8 Å². The predicted octanol–water partition coefficient (Wildman–Crippen LogP) is 3.59. The number of quaternary nitrogens is 1. The van der Waals surface area contributed by atoms with E-state index in [1.807, 2.05) is 19.1 Å². The fourth-order valence-corrected chi connectivity index (χ4v) is 5.60. The van der Waals surface area contributed by atoms with Gasteiger partial charge in [-0.15, -0.1) is 11.3 Å². The fraction of sp³-hybridized carbons (Fsp3) is 0.304. The molecule has 4 aromatic rings. The number of hydrogen-bond donors (Lipinski definition) is 2. The molecule has 5 nitrogen and oxygen atoms in total. The smallest absolute Gasteiger partial charge is 0.336 e. The maximum absolute atomic E-state index is 12.1. The van der Waals surface area contributed by atoms with Crippen LogP contribution in [-0.4, -0.2) is 16.6 Å². The van der Waals surface area contributed by atoms with Gasteiger partial charge in [-0.3, -0.25) is 0 Å². The molecule has 2 N–H and O–H groups in total. The molecule has 148 valence electrons. The average Bonchev–Trinajstić information content (AvgIpc) is 3.33. The molecular formula is C23H23N2O3S+. The van der Waals surface area contributed by atoms with E-state index in [4.69, 9.17) is 9.40 Å². The van der Waals surface area contributed by atoms with E-state index in [0.29, 0.717) is 11.6 Å². The molecule has 1 unspecified atom stereocenters. The highest BCUT2D eigenvalue weighted by Crippen LogP contribution is 2.30. The molecule has 0 spiro atoms. The summed E-state index contributed by atoms with van der Waals surface area (Å²) in [5, 5.41) is 12.3. The molecule has 2 atom stereocenters. The zero-order valence-electron chi connectivity index (χ0n) is 16.3. The summed E-state index contributed by atoms with van der Waals surface area (Å²) in [5.41, 5.74) is 3.00. The molecule has 1 fully saturated rings. The molecule has 0 bridgehead atoms. The second-order valence-corrected chi connectivity index (χ2v) is 8.78. The van der Waals surface area contributed by atoms with E-state index < -0.39 is 0 Å². The van der Waals surface area contributed by atoms with Gasteiger partial charge in [0.15, 0.2) is 5.01 Å². The molecule has 5 rings (SSSR count). The number of fused-ring (bicyclic) bond motifs is 2. The largest absolute Gasteiger partial charge is 0.508 e. The Bertz CT molecular complexity index is 1230. The number of nitrogens with zero attached hydrogens (tertiary/aromatic N) is 1. The van der Waals surface area contributed by atoms with E-state index in [0.717, 1.165) is 54.4 Å². The standard InChI is InChI=1S/C23H22N2O3S/c1-2-14-10-16-15(11-22(27)28-20(16)12-19(14)26)13-25-9-5-7-18(25)23-24-17-6-3-4-8-21(17)29-23/h3-4,6,8,10-12,18,26H,2,5,7,9,13H2,1H3/p+1/t18-/m1/s1. The summed E-state index contributed by atoms with van der Waals surface area (Å²) in [5.74, 6) is 0.182. The van der Waals surface area contributed by atoms with Crippen LogP contribution in [0.3, 0.4) is 0 Å². The van der Waals surface area contributed by atoms with Crippen LogP contribution in [0.1, 0.15) is 41.9 Å². The number of phenols is 1. The summed E-state index contributed by atoms with van der Waals surface area (Å²) in [4.78, 5) is 18.5. The minimum absolute atomic E-state index is 0.182. The van der Waals surface area contributed by atoms with Crippen molar-refractivity contribution in [3.63, 3.8) is 0 Å².